The molecule has 1 unspecified atom stereocenters. The molecule has 0 bridgehead atoms. The molecule has 3 aromatic rings. The Hall–Kier alpha value is -2.24. The fourth-order valence-electron chi connectivity index (χ4n) is 2.96. The molecule has 3 rings (SSSR count). The summed E-state index contributed by atoms with van der Waals surface area (Å²) in [6, 6.07) is 7.48. The molecule has 2 heterocycles. The van der Waals surface area contributed by atoms with Crippen molar-refractivity contribution in [3.63, 3.8) is 0 Å². The highest BCUT2D eigenvalue weighted by molar-refractivity contribution is 7.99. The second-order valence-corrected chi connectivity index (χ2v) is 9.81. The monoisotopic (exact) mass is 499 g/mol. The zero-order valence-electron chi connectivity index (χ0n) is 18.6. The molecule has 0 spiro atoms. The summed E-state index contributed by atoms with van der Waals surface area (Å²) in [5.74, 6) is 0.807. The van der Waals surface area contributed by atoms with Gasteiger partial charge >= 0.3 is 7.60 Å². The molecule has 0 aliphatic rings. The number of methoxy groups -OCH3 is 1. The van der Waals surface area contributed by atoms with Crippen molar-refractivity contribution in [2.75, 3.05) is 39.1 Å². The number of nitrogen functional groups attached to an aromatic ring is 1. The molecule has 2 aromatic heterocycles. The second kappa shape index (κ2) is 11.8. The number of nitrogens with zero attached hydrogens (tertiary/aromatic N) is 4. The standard InChI is InChI=1S/C20H27FN5O5PS/c1-4-30-32(27,31-5-2)13-29-15(10-21)11-26-12-23-17-18(26)24-20(22)25-19(17)33-16-8-6-14(28-3)7-9-16/h6-9,12,15H,4-5,10-11,13H2,1-3H3,(H2,22,24,25). The maximum Gasteiger partial charge on any atom is 0.356 e. The number of aromatic nitrogens is 4. The van der Waals surface area contributed by atoms with Gasteiger partial charge in [-0.05, 0) is 38.1 Å². The number of ether oxygens (including phenoxy) is 2. The molecular formula is C20H27FN5O5PS. The molecule has 0 amide bonds. The number of nitrogens with two attached hydrogens (primary N) is 1. The van der Waals surface area contributed by atoms with Crippen LogP contribution in [0.4, 0.5) is 10.3 Å². The molecule has 10 nitrogen and oxygen atoms in total. The summed E-state index contributed by atoms with van der Waals surface area (Å²) < 4.78 is 49.0. The molecule has 0 fully saturated rings. The first kappa shape index (κ1) is 25.4. The summed E-state index contributed by atoms with van der Waals surface area (Å²) in [5.41, 5.74) is 6.89. The minimum atomic E-state index is -3.46. The van der Waals surface area contributed by atoms with E-state index in [0.29, 0.717) is 16.2 Å². The van der Waals surface area contributed by atoms with E-state index in [0.717, 1.165) is 10.6 Å². The number of imidazole rings is 1. The van der Waals surface area contributed by atoms with E-state index in [1.807, 2.05) is 24.3 Å². The van der Waals surface area contributed by atoms with Gasteiger partial charge in [0.05, 0.1) is 33.2 Å². The van der Waals surface area contributed by atoms with Crippen molar-refractivity contribution in [2.45, 2.75) is 36.4 Å². The van der Waals surface area contributed by atoms with E-state index in [1.54, 1.807) is 25.5 Å². The van der Waals surface area contributed by atoms with Gasteiger partial charge in [0.15, 0.2) is 5.65 Å². The fraction of sp³-hybridized carbons (Fsp3) is 0.450. The van der Waals surface area contributed by atoms with Gasteiger partial charge in [0.2, 0.25) is 5.95 Å². The fourth-order valence-corrected chi connectivity index (χ4v) is 5.24. The molecule has 13 heteroatoms. The third-order valence-corrected chi connectivity index (χ3v) is 7.17. The van der Waals surface area contributed by atoms with E-state index >= 15 is 0 Å². The average Bonchev–Trinajstić information content (AvgIpc) is 3.20. The number of rotatable bonds is 13. The molecule has 0 aliphatic carbocycles. The van der Waals surface area contributed by atoms with Crippen LogP contribution in [0, 0.1) is 0 Å². The van der Waals surface area contributed by atoms with Gasteiger partial charge in [-0.1, -0.05) is 11.8 Å². The number of fused-ring (bicyclic) bond motifs is 1. The Morgan fingerprint density at radius 1 is 1.18 bits per heavy atom. The van der Waals surface area contributed by atoms with Crippen molar-refractivity contribution >= 4 is 36.5 Å². The number of halogens is 1. The largest absolute Gasteiger partial charge is 0.497 e. The molecule has 0 saturated heterocycles. The van der Waals surface area contributed by atoms with Crippen LogP contribution in [0.15, 0.2) is 40.5 Å². The Kier molecular flexibility index (Phi) is 9.04. The van der Waals surface area contributed by atoms with Gasteiger partial charge < -0.3 is 28.8 Å². The third-order valence-electron chi connectivity index (χ3n) is 4.42. The van der Waals surface area contributed by atoms with Gasteiger partial charge in [-0.3, -0.25) is 4.57 Å². The van der Waals surface area contributed by atoms with E-state index in [-0.39, 0.29) is 32.1 Å². The Morgan fingerprint density at radius 3 is 2.48 bits per heavy atom. The highest BCUT2D eigenvalue weighted by atomic mass is 32.2. The smallest absolute Gasteiger partial charge is 0.356 e. The summed E-state index contributed by atoms with van der Waals surface area (Å²) in [5, 5.41) is 0.566. The van der Waals surface area contributed by atoms with Crippen LogP contribution in [-0.2, 0) is 24.9 Å². The third kappa shape index (κ3) is 6.64. The quantitative estimate of drug-likeness (QED) is 0.271. The SMILES string of the molecule is CCOP(=O)(COC(CF)Cn1cnc2c(Sc3ccc(OC)cc3)nc(N)nc21)OCC. The first-order valence-corrected chi connectivity index (χ1v) is 12.8. The van der Waals surface area contributed by atoms with E-state index in [4.69, 9.17) is 24.3 Å². The van der Waals surface area contributed by atoms with Crippen LogP contribution in [0.5, 0.6) is 5.75 Å². The van der Waals surface area contributed by atoms with Crippen molar-refractivity contribution in [3.05, 3.63) is 30.6 Å². The zero-order chi connectivity index (χ0) is 23.8. The van der Waals surface area contributed by atoms with Gasteiger partial charge in [0, 0.05) is 4.90 Å². The molecule has 0 radical (unpaired) electrons. The van der Waals surface area contributed by atoms with Gasteiger partial charge in [0.1, 0.15) is 35.4 Å². The molecule has 1 aromatic carbocycles. The van der Waals surface area contributed by atoms with Crippen LogP contribution in [0.25, 0.3) is 11.2 Å². The lowest BCUT2D eigenvalue weighted by atomic mass is 10.3. The summed E-state index contributed by atoms with van der Waals surface area (Å²) >= 11 is 1.38. The minimum absolute atomic E-state index is 0.0650. The second-order valence-electron chi connectivity index (χ2n) is 6.75. The lowest BCUT2D eigenvalue weighted by Crippen LogP contribution is -2.23. The lowest BCUT2D eigenvalue weighted by molar-refractivity contribution is 0.0385. The normalized spacial score (nSPS) is 12.8. The molecule has 2 N–H and O–H groups in total. The topological polar surface area (TPSA) is 124 Å². The Morgan fingerprint density at radius 2 is 1.88 bits per heavy atom. The summed E-state index contributed by atoms with van der Waals surface area (Å²) in [4.78, 5) is 13.9. The molecule has 1 atom stereocenters. The lowest BCUT2D eigenvalue weighted by Gasteiger charge is -2.20. The van der Waals surface area contributed by atoms with Crippen LogP contribution >= 0.6 is 19.4 Å². The maximum absolute atomic E-state index is 13.7. The molecule has 180 valence electrons. The van der Waals surface area contributed by atoms with Crippen molar-refractivity contribution in [2.24, 2.45) is 0 Å². The van der Waals surface area contributed by atoms with Crippen LogP contribution in [0.3, 0.4) is 0 Å². The van der Waals surface area contributed by atoms with E-state index in [2.05, 4.69) is 15.0 Å². The van der Waals surface area contributed by atoms with E-state index in [9.17, 15) is 8.96 Å². The highest BCUT2D eigenvalue weighted by Crippen LogP contribution is 2.48. The Bertz CT molecular complexity index is 1090. The number of anilines is 1. The minimum Gasteiger partial charge on any atom is -0.497 e. The Labute approximate surface area is 195 Å². The van der Waals surface area contributed by atoms with Gasteiger partial charge in [0.25, 0.3) is 0 Å². The summed E-state index contributed by atoms with van der Waals surface area (Å²) in [6.45, 7) is 3.04. The summed E-state index contributed by atoms with van der Waals surface area (Å²) in [6.07, 6.45) is 0.254. The van der Waals surface area contributed by atoms with Crippen LogP contribution in [0.2, 0.25) is 0 Å². The maximum atomic E-state index is 13.7. The summed E-state index contributed by atoms with van der Waals surface area (Å²) in [7, 11) is -1.86. The predicted octanol–water partition coefficient (Wildman–Crippen LogP) is 4.15. The van der Waals surface area contributed by atoms with Crippen molar-refractivity contribution < 1.29 is 27.5 Å². The number of benzene rings is 1. The average molecular weight is 500 g/mol. The first-order chi connectivity index (χ1) is 15.9. The van der Waals surface area contributed by atoms with Crippen molar-refractivity contribution in [3.8, 4) is 5.75 Å². The predicted molar refractivity (Wildman–Crippen MR) is 123 cm³/mol. The number of alkyl halides is 1. The molecule has 33 heavy (non-hydrogen) atoms. The number of hydrogen-bond acceptors (Lipinski definition) is 10. The van der Waals surface area contributed by atoms with Crippen LogP contribution < -0.4 is 10.5 Å². The van der Waals surface area contributed by atoms with Crippen molar-refractivity contribution in [1.82, 2.24) is 19.5 Å². The number of hydrogen-bond donors (Lipinski definition) is 1. The Balaban J connectivity index is 1.78. The van der Waals surface area contributed by atoms with E-state index < -0.39 is 20.4 Å². The van der Waals surface area contributed by atoms with Gasteiger partial charge in [-0.15, -0.1) is 0 Å². The first-order valence-electron chi connectivity index (χ1n) is 10.3. The van der Waals surface area contributed by atoms with Gasteiger partial charge in [-0.25, -0.2) is 14.4 Å². The molecular weight excluding hydrogens is 472 g/mol. The zero-order valence-corrected chi connectivity index (χ0v) is 20.4. The molecule has 0 aliphatic heterocycles. The van der Waals surface area contributed by atoms with Crippen LogP contribution in [-0.4, -0.2) is 59.0 Å². The van der Waals surface area contributed by atoms with Crippen LogP contribution in [0.1, 0.15) is 13.8 Å². The van der Waals surface area contributed by atoms with Crippen molar-refractivity contribution in [1.29, 1.82) is 0 Å². The highest BCUT2D eigenvalue weighted by Gasteiger charge is 2.26. The van der Waals surface area contributed by atoms with Gasteiger partial charge in [-0.2, -0.15) is 4.98 Å². The molecule has 0 saturated carbocycles. The van der Waals surface area contributed by atoms with E-state index in [1.165, 1.54) is 18.1 Å².